The predicted octanol–water partition coefficient (Wildman–Crippen LogP) is 2.69. The third kappa shape index (κ3) is 2.78. The van der Waals surface area contributed by atoms with Gasteiger partial charge in [0.05, 0.1) is 5.02 Å². The van der Waals surface area contributed by atoms with Gasteiger partial charge in [0.2, 0.25) is 0 Å². The van der Waals surface area contributed by atoms with Gasteiger partial charge in [-0.3, -0.25) is 9.78 Å². The lowest BCUT2D eigenvalue weighted by molar-refractivity contribution is 0.0737. The fourth-order valence-electron chi connectivity index (χ4n) is 2.63. The summed E-state index contributed by atoms with van der Waals surface area (Å²) in [6.45, 7) is 2.92. The van der Waals surface area contributed by atoms with E-state index in [1.165, 1.54) is 0 Å². The van der Waals surface area contributed by atoms with E-state index in [9.17, 15) is 4.79 Å². The molecule has 3 heterocycles. The highest BCUT2D eigenvalue weighted by atomic mass is 35.5. The molecule has 1 amide bonds. The van der Waals surface area contributed by atoms with Crippen LogP contribution in [0.15, 0.2) is 30.6 Å². The number of piperazine rings is 1. The van der Waals surface area contributed by atoms with Crippen LogP contribution < -0.4 is 4.90 Å². The summed E-state index contributed by atoms with van der Waals surface area (Å²) in [5.41, 5.74) is 1.65. The Balaban J connectivity index is 1.68. The van der Waals surface area contributed by atoms with E-state index in [2.05, 4.69) is 9.88 Å². The molecule has 0 unspecified atom stereocenters. The minimum Gasteiger partial charge on any atom is -0.368 e. The molecule has 1 saturated heterocycles. The number of carbonyl (C=O) groups is 1. The van der Waals surface area contributed by atoms with Crippen molar-refractivity contribution in [3.63, 3.8) is 0 Å². The van der Waals surface area contributed by atoms with Crippen LogP contribution in [0.5, 0.6) is 0 Å². The molecule has 0 bridgehead atoms. The number of hydrogen-bond donors (Lipinski definition) is 0. The Hall–Kier alpha value is -1.72. The molecule has 5 nitrogen and oxygen atoms in total. The van der Waals surface area contributed by atoms with Gasteiger partial charge in [-0.2, -0.15) is 0 Å². The summed E-state index contributed by atoms with van der Waals surface area (Å²) in [7, 11) is 1.74. The topological polar surface area (TPSA) is 41.4 Å². The zero-order valence-electron chi connectivity index (χ0n) is 12.2. The lowest BCUT2D eigenvalue weighted by atomic mass is 10.2. The number of pyridine rings is 1. The van der Waals surface area contributed by atoms with Crippen molar-refractivity contribution < 1.29 is 4.79 Å². The highest BCUT2D eigenvalue weighted by Gasteiger charge is 2.25. The summed E-state index contributed by atoms with van der Waals surface area (Å²) in [4.78, 5) is 20.7. The monoisotopic (exact) mass is 338 g/mol. The van der Waals surface area contributed by atoms with Gasteiger partial charge in [-0.25, -0.2) is 0 Å². The first-order chi connectivity index (χ1) is 10.6. The van der Waals surface area contributed by atoms with Gasteiger partial charge < -0.3 is 14.4 Å². The Morgan fingerprint density at radius 1 is 1.14 bits per heavy atom. The van der Waals surface area contributed by atoms with Crippen molar-refractivity contribution >= 4 is 34.8 Å². The van der Waals surface area contributed by atoms with Gasteiger partial charge in [-0.1, -0.05) is 23.2 Å². The van der Waals surface area contributed by atoms with E-state index in [4.69, 9.17) is 23.2 Å². The van der Waals surface area contributed by atoms with E-state index in [0.717, 1.165) is 18.8 Å². The molecule has 2 aromatic rings. The molecule has 0 N–H and O–H groups in total. The number of halogens is 2. The molecule has 0 spiro atoms. The summed E-state index contributed by atoms with van der Waals surface area (Å²) < 4.78 is 1.63. The molecule has 1 aliphatic rings. The molecule has 1 aliphatic heterocycles. The first-order valence-corrected chi connectivity index (χ1v) is 7.78. The van der Waals surface area contributed by atoms with Crippen LogP contribution in [0.3, 0.4) is 0 Å². The Bertz CT molecular complexity index is 678. The number of nitrogens with zero attached hydrogens (tertiary/aromatic N) is 4. The lowest BCUT2D eigenvalue weighted by Crippen LogP contribution is -2.49. The van der Waals surface area contributed by atoms with Crippen LogP contribution in [0.2, 0.25) is 10.2 Å². The number of amides is 1. The van der Waals surface area contributed by atoms with Gasteiger partial charge in [0.15, 0.2) is 0 Å². The number of aromatic nitrogens is 2. The molecule has 0 radical (unpaired) electrons. The van der Waals surface area contributed by atoms with Gasteiger partial charge in [0.25, 0.3) is 5.91 Å². The van der Waals surface area contributed by atoms with Gasteiger partial charge in [0.1, 0.15) is 10.8 Å². The fraction of sp³-hybridized carbons (Fsp3) is 0.333. The smallest absolute Gasteiger partial charge is 0.270 e. The van der Waals surface area contributed by atoms with Crippen LogP contribution in [0.25, 0.3) is 0 Å². The Labute approximate surface area is 139 Å². The van der Waals surface area contributed by atoms with Gasteiger partial charge >= 0.3 is 0 Å². The van der Waals surface area contributed by atoms with Crippen LogP contribution in [0.4, 0.5) is 5.69 Å². The maximum atomic E-state index is 12.6. The number of anilines is 1. The Morgan fingerprint density at radius 2 is 1.77 bits per heavy atom. The molecule has 7 heteroatoms. The van der Waals surface area contributed by atoms with E-state index in [-0.39, 0.29) is 5.91 Å². The van der Waals surface area contributed by atoms with E-state index in [1.807, 2.05) is 17.0 Å². The molecule has 1 fully saturated rings. The van der Waals surface area contributed by atoms with Crippen LogP contribution in [0, 0.1) is 0 Å². The Kier molecular flexibility index (Phi) is 4.27. The molecule has 0 atom stereocenters. The largest absolute Gasteiger partial charge is 0.368 e. The van der Waals surface area contributed by atoms with E-state index < -0.39 is 0 Å². The summed E-state index contributed by atoms with van der Waals surface area (Å²) in [6, 6.07) is 5.59. The van der Waals surface area contributed by atoms with Crippen molar-refractivity contribution in [2.45, 2.75) is 0 Å². The van der Waals surface area contributed by atoms with Crippen LogP contribution in [0.1, 0.15) is 10.5 Å². The van der Waals surface area contributed by atoms with Crippen molar-refractivity contribution in [3.8, 4) is 0 Å². The zero-order valence-corrected chi connectivity index (χ0v) is 13.7. The van der Waals surface area contributed by atoms with Crippen molar-refractivity contribution in [2.24, 2.45) is 7.05 Å². The van der Waals surface area contributed by atoms with Crippen molar-refractivity contribution in [1.82, 2.24) is 14.5 Å². The average Bonchev–Trinajstić information content (AvgIpc) is 2.83. The van der Waals surface area contributed by atoms with E-state index in [1.54, 1.807) is 30.1 Å². The second kappa shape index (κ2) is 6.18. The minimum atomic E-state index is -0.0364. The summed E-state index contributed by atoms with van der Waals surface area (Å²) in [5.74, 6) is -0.0364. The molecule has 22 heavy (non-hydrogen) atoms. The number of carbonyl (C=O) groups excluding carboxylic acids is 1. The molecule has 0 aliphatic carbocycles. The van der Waals surface area contributed by atoms with Crippen LogP contribution in [-0.2, 0) is 7.05 Å². The zero-order chi connectivity index (χ0) is 15.7. The molecule has 116 valence electrons. The van der Waals surface area contributed by atoms with E-state index >= 15 is 0 Å². The van der Waals surface area contributed by atoms with Crippen molar-refractivity contribution in [3.05, 3.63) is 46.5 Å². The molecular weight excluding hydrogens is 323 g/mol. The van der Waals surface area contributed by atoms with Crippen molar-refractivity contribution in [2.75, 3.05) is 31.1 Å². The highest BCUT2D eigenvalue weighted by molar-refractivity contribution is 6.41. The standard InChI is InChI=1S/C15H16Cl2N4O/c1-19-13(10-12(16)14(19)17)15(22)21-8-6-20(7-9-21)11-2-4-18-5-3-11/h2-5,10H,6-9H2,1H3. The molecular formula is C15H16Cl2N4O. The molecule has 0 aromatic carbocycles. The molecule has 2 aromatic heterocycles. The summed E-state index contributed by atoms with van der Waals surface area (Å²) in [6.07, 6.45) is 3.56. The molecule has 0 saturated carbocycles. The van der Waals surface area contributed by atoms with E-state index in [0.29, 0.717) is 29.0 Å². The quantitative estimate of drug-likeness (QED) is 0.845. The first kappa shape index (κ1) is 15.2. The van der Waals surface area contributed by atoms with Gasteiger partial charge in [0, 0.05) is 51.3 Å². The second-order valence-electron chi connectivity index (χ2n) is 5.21. The average molecular weight is 339 g/mol. The maximum absolute atomic E-state index is 12.6. The number of hydrogen-bond acceptors (Lipinski definition) is 3. The SMILES string of the molecule is Cn1c(C(=O)N2CCN(c3ccncc3)CC2)cc(Cl)c1Cl. The lowest BCUT2D eigenvalue weighted by Gasteiger charge is -2.36. The third-order valence-corrected chi connectivity index (χ3v) is 4.77. The fourth-order valence-corrected chi connectivity index (χ4v) is 3.01. The maximum Gasteiger partial charge on any atom is 0.270 e. The van der Waals surface area contributed by atoms with Crippen LogP contribution >= 0.6 is 23.2 Å². The third-order valence-electron chi connectivity index (χ3n) is 3.93. The predicted molar refractivity (Wildman–Crippen MR) is 87.8 cm³/mol. The summed E-state index contributed by atoms with van der Waals surface area (Å²) >= 11 is 12.0. The van der Waals surface area contributed by atoms with Gasteiger partial charge in [-0.05, 0) is 18.2 Å². The summed E-state index contributed by atoms with van der Waals surface area (Å²) in [5, 5.41) is 0.795. The van der Waals surface area contributed by atoms with Gasteiger partial charge in [-0.15, -0.1) is 0 Å². The highest BCUT2D eigenvalue weighted by Crippen LogP contribution is 2.26. The number of rotatable bonds is 2. The first-order valence-electron chi connectivity index (χ1n) is 7.03. The van der Waals surface area contributed by atoms with Crippen molar-refractivity contribution in [1.29, 1.82) is 0 Å². The minimum absolute atomic E-state index is 0.0364. The molecule has 3 rings (SSSR count). The normalized spacial score (nSPS) is 15.2. The van der Waals surface area contributed by atoms with Crippen LogP contribution in [-0.4, -0.2) is 46.5 Å². The second-order valence-corrected chi connectivity index (χ2v) is 5.98. The Morgan fingerprint density at radius 3 is 2.32 bits per heavy atom.